The molecule has 55 heavy (non-hydrogen) atoms. The number of phenols is 4. The van der Waals surface area contributed by atoms with Crippen LogP contribution in [0.5, 0.6) is 28.7 Å². The molecule has 1 heterocycles. The van der Waals surface area contributed by atoms with Gasteiger partial charge < -0.3 is 25.2 Å². The Labute approximate surface area is 346 Å². The number of hydrogen-bond acceptors (Lipinski definition) is 15. The van der Waals surface area contributed by atoms with Gasteiger partial charge in [-0.2, -0.15) is 0 Å². The second kappa shape index (κ2) is 16.6. The van der Waals surface area contributed by atoms with Crippen LogP contribution in [0.4, 0.5) is 22.7 Å². The van der Waals surface area contributed by atoms with E-state index in [4.69, 9.17) is 15.0 Å². The van der Waals surface area contributed by atoms with Crippen LogP contribution >= 0.6 is 0 Å². The SMILES string of the molecule is NS(=O)(=O)c1ccc(O)c(N=Nc2c(O)ccc3ccccc23)c1.NS(=O)(=O)c1ccc(O)c(N=Nc2c3c(c4ccccc4c2O)OCS3(=O)=O)c1.[Cr].[Na+]. The van der Waals surface area contributed by atoms with E-state index in [1.165, 1.54) is 12.1 Å². The van der Waals surface area contributed by atoms with Crippen molar-refractivity contribution in [3.63, 3.8) is 0 Å². The Balaban J connectivity index is 0.000000240. The molecule has 0 bridgehead atoms. The number of sulfonamides is 2. The zero-order chi connectivity index (χ0) is 38.3. The zero-order valence-corrected chi connectivity index (χ0v) is 33.9. The standard InChI is InChI=1S/C17H13N3O7S2.C16H13N3O4S.Cr.Na/c18-29(25,26)9-5-6-13(21)12(7-9)19-20-14-15(22)10-3-1-2-4-11(10)16-17(14)28(23,24)8-27-16;17-24(22,23)11-6-8-14(20)13(9-11)18-19-16-12-4-2-1-3-10(12)5-7-15(16)21;;/h1-7,21-22H,8H2,(H2,18,25,26);1-9,20-21H,(H2,17,22,23);;/q;;;+1. The quantitative estimate of drug-likeness (QED) is 0.105. The first-order valence-corrected chi connectivity index (χ1v) is 19.6. The molecule has 278 valence electrons. The van der Waals surface area contributed by atoms with Crippen LogP contribution in [0.1, 0.15) is 0 Å². The number of rotatable bonds is 6. The first-order valence-electron chi connectivity index (χ1n) is 14.8. The molecule has 1 aliphatic rings. The minimum Gasteiger partial charge on any atom is -0.506 e. The van der Waals surface area contributed by atoms with E-state index in [0.717, 1.165) is 35.7 Å². The van der Waals surface area contributed by atoms with Gasteiger partial charge in [-0.05, 0) is 47.9 Å². The summed E-state index contributed by atoms with van der Waals surface area (Å²) in [4.78, 5) is -0.857. The van der Waals surface area contributed by atoms with Crippen molar-refractivity contribution in [2.75, 3.05) is 5.94 Å². The Bertz CT molecular complexity index is 2880. The molecule has 22 heteroatoms. The van der Waals surface area contributed by atoms with Crippen LogP contribution in [0.2, 0.25) is 0 Å². The predicted octanol–water partition coefficient (Wildman–Crippen LogP) is 2.75. The normalized spacial score (nSPS) is 13.4. The molecule has 7 rings (SSSR count). The third kappa shape index (κ3) is 9.08. The Morgan fingerprint density at radius 2 is 1.07 bits per heavy atom. The van der Waals surface area contributed by atoms with E-state index in [-0.39, 0.29) is 102 Å². The van der Waals surface area contributed by atoms with E-state index >= 15 is 0 Å². The van der Waals surface area contributed by atoms with Crippen molar-refractivity contribution in [1.29, 1.82) is 0 Å². The summed E-state index contributed by atoms with van der Waals surface area (Å²) < 4.78 is 76.0. The van der Waals surface area contributed by atoms with Gasteiger partial charge >= 0.3 is 29.6 Å². The Morgan fingerprint density at radius 3 is 1.62 bits per heavy atom. The van der Waals surface area contributed by atoms with Gasteiger partial charge in [0.25, 0.3) is 0 Å². The summed E-state index contributed by atoms with van der Waals surface area (Å²) in [5.41, 5.74) is -0.520. The number of benzene rings is 6. The smallest absolute Gasteiger partial charge is 0.506 e. The molecule has 0 radical (unpaired) electrons. The summed E-state index contributed by atoms with van der Waals surface area (Å²) in [6, 6.07) is 23.5. The van der Waals surface area contributed by atoms with Crippen LogP contribution < -0.4 is 44.6 Å². The summed E-state index contributed by atoms with van der Waals surface area (Å²) in [5.74, 6) is -1.79. The van der Waals surface area contributed by atoms with Crippen molar-refractivity contribution in [2.45, 2.75) is 14.7 Å². The second-order valence-corrected chi connectivity index (χ2v) is 16.2. The van der Waals surface area contributed by atoms with E-state index in [9.17, 15) is 45.7 Å². The molecular weight excluding hydrogens is 828 g/mol. The minimum atomic E-state index is -4.07. The average Bonchev–Trinajstić information content (AvgIpc) is 3.43. The molecule has 0 spiro atoms. The van der Waals surface area contributed by atoms with E-state index in [0.29, 0.717) is 16.2 Å². The van der Waals surface area contributed by atoms with E-state index < -0.39 is 47.3 Å². The van der Waals surface area contributed by atoms with E-state index in [2.05, 4.69) is 20.5 Å². The molecule has 0 saturated heterocycles. The summed E-state index contributed by atoms with van der Waals surface area (Å²) in [6.07, 6.45) is 0. The third-order valence-electron chi connectivity index (χ3n) is 7.69. The molecule has 8 N–H and O–H groups in total. The number of azo groups is 2. The molecule has 0 fully saturated rings. The van der Waals surface area contributed by atoms with Crippen LogP contribution in [0.25, 0.3) is 21.5 Å². The Hall–Kier alpha value is -4.66. The molecule has 0 unspecified atom stereocenters. The summed E-state index contributed by atoms with van der Waals surface area (Å²) in [7, 11) is -11.9. The van der Waals surface area contributed by atoms with Crippen LogP contribution in [-0.2, 0) is 47.2 Å². The largest absolute Gasteiger partial charge is 1.00 e. The first-order chi connectivity index (χ1) is 25.0. The van der Waals surface area contributed by atoms with Gasteiger partial charge in [0, 0.05) is 33.5 Å². The fourth-order valence-electron chi connectivity index (χ4n) is 5.15. The molecule has 6 aromatic rings. The summed E-state index contributed by atoms with van der Waals surface area (Å²) in [6.45, 7) is 0. The van der Waals surface area contributed by atoms with E-state index in [1.807, 2.05) is 12.1 Å². The maximum Gasteiger partial charge on any atom is 1.00 e. The van der Waals surface area contributed by atoms with Crippen LogP contribution in [-0.4, -0.2) is 51.6 Å². The molecule has 0 atom stereocenters. The minimum absolute atomic E-state index is 0. The van der Waals surface area contributed by atoms with Gasteiger partial charge in [0.1, 0.15) is 45.0 Å². The average molecular weight is 854 g/mol. The Kier molecular flexibility index (Phi) is 13.0. The van der Waals surface area contributed by atoms with Gasteiger partial charge in [-0.25, -0.2) is 35.5 Å². The van der Waals surface area contributed by atoms with Crippen LogP contribution in [0.3, 0.4) is 0 Å². The van der Waals surface area contributed by atoms with Gasteiger partial charge in [-0.15, -0.1) is 20.5 Å². The van der Waals surface area contributed by atoms with Gasteiger partial charge in [-0.3, -0.25) is 0 Å². The number of nitrogens with zero attached hydrogens (tertiary/aromatic N) is 4. The van der Waals surface area contributed by atoms with Crippen molar-refractivity contribution in [1.82, 2.24) is 0 Å². The molecule has 0 saturated carbocycles. The van der Waals surface area contributed by atoms with Crippen molar-refractivity contribution < 1.29 is 97.3 Å². The number of primary sulfonamides is 2. The molecule has 1 aliphatic heterocycles. The number of sulfone groups is 1. The van der Waals surface area contributed by atoms with Gasteiger partial charge in [0.05, 0.1) is 9.79 Å². The number of aromatic hydroxyl groups is 4. The molecule has 0 aliphatic carbocycles. The third-order valence-corrected chi connectivity index (χ3v) is 10.9. The summed E-state index contributed by atoms with van der Waals surface area (Å²) >= 11 is 0. The van der Waals surface area contributed by atoms with Crippen molar-refractivity contribution in [3.05, 3.63) is 97.1 Å². The van der Waals surface area contributed by atoms with Crippen molar-refractivity contribution >= 4 is 74.2 Å². The Morgan fingerprint density at radius 1 is 0.600 bits per heavy atom. The number of fused-ring (bicyclic) bond motifs is 4. The fraction of sp³-hybridized carbons (Fsp3) is 0.0303. The first kappa shape index (κ1) is 43.1. The number of phenolic OH excluding ortho intramolecular Hbond substituents is 4. The molecule has 17 nitrogen and oxygen atoms in total. The molecular formula is C33H26CrN6NaO11S3+. The zero-order valence-electron chi connectivity index (χ0n) is 28.2. The second-order valence-electron chi connectivity index (χ2n) is 11.2. The maximum atomic E-state index is 12.5. The van der Waals surface area contributed by atoms with Crippen molar-refractivity contribution in [3.8, 4) is 28.7 Å². The maximum absolute atomic E-state index is 12.5. The van der Waals surface area contributed by atoms with Gasteiger partial charge in [0.15, 0.2) is 17.4 Å². The van der Waals surface area contributed by atoms with Crippen molar-refractivity contribution in [2.24, 2.45) is 30.7 Å². The van der Waals surface area contributed by atoms with Gasteiger partial charge in [0.2, 0.25) is 29.9 Å². The fourth-order valence-corrected chi connectivity index (χ4v) is 7.49. The monoisotopic (exact) mass is 853 g/mol. The summed E-state index contributed by atoms with van der Waals surface area (Å²) in [5, 5.41) is 68.0. The van der Waals surface area contributed by atoms with E-state index in [1.54, 1.807) is 42.5 Å². The molecule has 0 amide bonds. The molecule has 0 aromatic heterocycles. The van der Waals surface area contributed by atoms with Crippen LogP contribution in [0.15, 0.2) is 132 Å². The molecule has 6 aromatic carbocycles. The number of hydrogen-bond donors (Lipinski definition) is 6. The van der Waals surface area contributed by atoms with Gasteiger partial charge in [-0.1, -0.05) is 54.6 Å². The predicted molar refractivity (Wildman–Crippen MR) is 191 cm³/mol. The van der Waals surface area contributed by atoms with Crippen LogP contribution in [0, 0.1) is 0 Å². The topological polar surface area (TPSA) is 294 Å². The number of nitrogens with two attached hydrogens (primary N) is 2. The number of ether oxygens (including phenoxy) is 1.